The SMILES string of the molecule is CCCCCCC\C=C/C=C\C=C/CCCCCCCC(=O)OCC(COC(=O)CCCCCCCCCCCCCC)OC(=O)CCCCCCC/C=C\C=C/CCCCCCCCC. The Kier molecular flexibility index (Phi) is 52.3. The van der Waals surface area contributed by atoms with Crippen LogP contribution in [0.4, 0.5) is 0 Å². The van der Waals surface area contributed by atoms with E-state index in [1.807, 2.05) is 0 Å². The van der Waals surface area contributed by atoms with Crippen molar-refractivity contribution in [1.29, 1.82) is 0 Å². The van der Waals surface area contributed by atoms with Gasteiger partial charge in [0.15, 0.2) is 6.10 Å². The van der Waals surface area contributed by atoms with Gasteiger partial charge in [0.05, 0.1) is 0 Å². The van der Waals surface area contributed by atoms with Gasteiger partial charge in [-0.3, -0.25) is 14.4 Å². The van der Waals surface area contributed by atoms with Crippen molar-refractivity contribution in [3.63, 3.8) is 0 Å². The average molecular weight is 924 g/mol. The minimum atomic E-state index is -0.789. The molecule has 66 heavy (non-hydrogen) atoms. The molecule has 6 nitrogen and oxygen atoms in total. The van der Waals surface area contributed by atoms with Crippen LogP contribution < -0.4 is 0 Å². The van der Waals surface area contributed by atoms with Crippen molar-refractivity contribution in [1.82, 2.24) is 0 Å². The van der Waals surface area contributed by atoms with Crippen LogP contribution in [0, 0.1) is 0 Å². The standard InChI is InChI=1S/C60H106O6/c1-4-7-10-13-16-19-22-25-27-29-31-33-35-38-41-44-47-50-53-59(62)65-56-57(55-64-58(61)52-49-46-43-40-37-24-21-18-15-12-9-6-3)66-60(63)54-51-48-45-42-39-36-34-32-30-28-26-23-20-17-14-11-8-5-2/h22,25,27-34,57H,4-21,23-24,26,35-56H2,1-3H3/b25-22-,29-27-,30-28-,33-31-,34-32-. The van der Waals surface area contributed by atoms with Crippen molar-refractivity contribution in [2.24, 2.45) is 0 Å². The molecule has 0 saturated carbocycles. The van der Waals surface area contributed by atoms with Crippen molar-refractivity contribution in [2.45, 2.75) is 290 Å². The third-order valence-corrected chi connectivity index (χ3v) is 12.3. The predicted molar refractivity (Wildman–Crippen MR) is 284 cm³/mol. The van der Waals surface area contributed by atoms with Gasteiger partial charge in [-0.15, -0.1) is 0 Å². The lowest BCUT2D eigenvalue weighted by molar-refractivity contribution is -0.167. The van der Waals surface area contributed by atoms with Crippen molar-refractivity contribution in [3.05, 3.63) is 60.8 Å². The molecule has 0 aliphatic heterocycles. The number of hydrogen-bond acceptors (Lipinski definition) is 6. The molecule has 0 aliphatic carbocycles. The van der Waals surface area contributed by atoms with Gasteiger partial charge in [0.25, 0.3) is 0 Å². The van der Waals surface area contributed by atoms with Crippen molar-refractivity contribution < 1.29 is 28.6 Å². The molecule has 0 bridgehead atoms. The fourth-order valence-electron chi connectivity index (χ4n) is 8.02. The molecule has 1 unspecified atom stereocenters. The first kappa shape index (κ1) is 63.1. The van der Waals surface area contributed by atoms with E-state index < -0.39 is 6.10 Å². The van der Waals surface area contributed by atoms with Gasteiger partial charge >= 0.3 is 17.9 Å². The normalized spacial score (nSPS) is 12.5. The van der Waals surface area contributed by atoms with E-state index >= 15 is 0 Å². The van der Waals surface area contributed by atoms with Crippen LogP contribution >= 0.6 is 0 Å². The predicted octanol–water partition coefficient (Wildman–Crippen LogP) is 18.8. The Labute approximate surface area is 409 Å². The van der Waals surface area contributed by atoms with E-state index in [1.165, 1.54) is 148 Å². The molecule has 0 saturated heterocycles. The third-order valence-electron chi connectivity index (χ3n) is 12.3. The van der Waals surface area contributed by atoms with Gasteiger partial charge < -0.3 is 14.2 Å². The lowest BCUT2D eigenvalue weighted by atomic mass is 10.0. The molecular weight excluding hydrogens is 817 g/mol. The monoisotopic (exact) mass is 923 g/mol. The van der Waals surface area contributed by atoms with E-state index in [9.17, 15) is 14.4 Å². The Hall–Kier alpha value is -2.89. The van der Waals surface area contributed by atoms with Gasteiger partial charge in [-0.25, -0.2) is 0 Å². The number of allylic oxidation sites excluding steroid dienone is 10. The molecule has 0 fully saturated rings. The first-order chi connectivity index (χ1) is 32.5. The minimum Gasteiger partial charge on any atom is -0.462 e. The molecule has 0 aromatic heterocycles. The summed E-state index contributed by atoms with van der Waals surface area (Å²) in [6.45, 7) is 6.61. The van der Waals surface area contributed by atoms with Crippen LogP contribution in [0.3, 0.4) is 0 Å². The maximum Gasteiger partial charge on any atom is 0.306 e. The first-order valence-corrected chi connectivity index (χ1v) is 28.3. The Balaban J connectivity index is 4.42. The fraction of sp³-hybridized carbons (Fsp3) is 0.783. The third kappa shape index (κ3) is 52.1. The quantitative estimate of drug-likeness (QED) is 0.0262. The average Bonchev–Trinajstić information content (AvgIpc) is 3.31. The summed E-state index contributed by atoms with van der Waals surface area (Å²) in [5.41, 5.74) is 0. The van der Waals surface area contributed by atoms with Crippen LogP contribution in [0.15, 0.2) is 60.8 Å². The number of rotatable bonds is 51. The highest BCUT2D eigenvalue weighted by Crippen LogP contribution is 2.15. The molecule has 0 aliphatic rings. The van der Waals surface area contributed by atoms with E-state index in [2.05, 4.69) is 81.5 Å². The molecule has 0 spiro atoms. The molecule has 0 aromatic rings. The molecule has 6 heteroatoms. The second kappa shape index (κ2) is 54.7. The Morgan fingerprint density at radius 3 is 0.848 bits per heavy atom. The van der Waals surface area contributed by atoms with Crippen molar-refractivity contribution in [3.8, 4) is 0 Å². The van der Waals surface area contributed by atoms with Crippen LogP contribution in [-0.4, -0.2) is 37.2 Å². The maximum absolute atomic E-state index is 12.8. The van der Waals surface area contributed by atoms with Crippen LogP contribution in [0.2, 0.25) is 0 Å². The smallest absolute Gasteiger partial charge is 0.306 e. The number of ether oxygens (including phenoxy) is 3. The van der Waals surface area contributed by atoms with E-state index in [1.54, 1.807) is 0 Å². The number of hydrogen-bond donors (Lipinski definition) is 0. The van der Waals surface area contributed by atoms with Gasteiger partial charge in [-0.05, 0) is 70.6 Å². The topological polar surface area (TPSA) is 78.9 Å². The molecule has 382 valence electrons. The molecular formula is C60H106O6. The van der Waals surface area contributed by atoms with Crippen LogP contribution in [0.1, 0.15) is 284 Å². The van der Waals surface area contributed by atoms with E-state index in [4.69, 9.17) is 14.2 Å². The van der Waals surface area contributed by atoms with Gasteiger partial charge in [0, 0.05) is 19.3 Å². The summed E-state index contributed by atoms with van der Waals surface area (Å²) < 4.78 is 16.8. The molecule has 0 N–H and O–H groups in total. The van der Waals surface area contributed by atoms with E-state index in [0.29, 0.717) is 19.3 Å². The summed E-state index contributed by atoms with van der Waals surface area (Å²) in [6, 6.07) is 0. The minimum absolute atomic E-state index is 0.0852. The van der Waals surface area contributed by atoms with Crippen molar-refractivity contribution in [2.75, 3.05) is 13.2 Å². The molecule has 1 atom stereocenters. The summed E-state index contributed by atoms with van der Waals surface area (Å²) in [5, 5.41) is 0. The zero-order chi connectivity index (χ0) is 47.9. The van der Waals surface area contributed by atoms with Crippen LogP contribution in [0.5, 0.6) is 0 Å². The second-order valence-electron chi connectivity index (χ2n) is 18.9. The number of carbonyl (C=O) groups is 3. The summed E-state index contributed by atoms with van der Waals surface area (Å²) in [6.07, 6.45) is 67.7. The Bertz CT molecular complexity index is 1200. The molecule has 0 aromatic carbocycles. The number of carbonyl (C=O) groups excluding carboxylic acids is 3. The highest BCUT2D eigenvalue weighted by atomic mass is 16.6. The summed E-state index contributed by atoms with van der Waals surface area (Å²) in [5.74, 6) is -0.911. The van der Waals surface area contributed by atoms with E-state index in [-0.39, 0.29) is 31.1 Å². The zero-order valence-corrected chi connectivity index (χ0v) is 43.7. The lowest BCUT2D eigenvalue weighted by Gasteiger charge is -2.18. The summed E-state index contributed by atoms with van der Waals surface area (Å²) in [7, 11) is 0. The van der Waals surface area contributed by atoms with Crippen molar-refractivity contribution >= 4 is 17.9 Å². The molecule has 0 heterocycles. The van der Waals surface area contributed by atoms with Gasteiger partial charge in [0.1, 0.15) is 13.2 Å². The Morgan fingerprint density at radius 1 is 0.303 bits per heavy atom. The van der Waals surface area contributed by atoms with Gasteiger partial charge in [0.2, 0.25) is 0 Å². The highest BCUT2D eigenvalue weighted by molar-refractivity contribution is 5.71. The fourth-order valence-corrected chi connectivity index (χ4v) is 8.02. The van der Waals surface area contributed by atoms with Crippen LogP contribution in [-0.2, 0) is 28.6 Å². The first-order valence-electron chi connectivity index (χ1n) is 28.3. The molecule has 0 rings (SSSR count). The van der Waals surface area contributed by atoms with Crippen LogP contribution in [0.25, 0.3) is 0 Å². The highest BCUT2D eigenvalue weighted by Gasteiger charge is 2.19. The summed E-state index contributed by atoms with van der Waals surface area (Å²) in [4.78, 5) is 38.1. The van der Waals surface area contributed by atoms with E-state index in [0.717, 1.165) is 96.3 Å². The zero-order valence-electron chi connectivity index (χ0n) is 43.7. The summed E-state index contributed by atoms with van der Waals surface area (Å²) >= 11 is 0. The Morgan fingerprint density at radius 2 is 0.545 bits per heavy atom. The lowest BCUT2D eigenvalue weighted by Crippen LogP contribution is -2.30. The number of unbranched alkanes of at least 4 members (excludes halogenated alkanes) is 33. The maximum atomic E-state index is 12.8. The van der Waals surface area contributed by atoms with Gasteiger partial charge in [-0.1, -0.05) is 255 Å². The largest absolute Gasteiger partial charge is 0.462 e. The van der Waals surface area contributed by atoms with Gasteiger partial charge in [-0.2, -0.15) is 0 Å². The molecule has 0 radical (unpaired) electrons. The second-order valence-corrected chi connectivity index (χ2v) is 18.9. The molecule has 0 amide bonds. The number of esters is 3.